The van der Waals surface area contributed by atoms with Gasteiger partial charge in [-0.3, -0.25) is 5.41 Å². The Morgan fingerprint density at radius 3 is 2.00 bits per heavy atom. The SMILES string of the molecule is Cl.N=c1n(Cc2ccccc2)c2ccccc2n1CC(O)COc1ccccc1. The van der Waals surface area contributed by atoms with Gasteiger partial charge >= 0.3 is 0 Å². The molecular formula is C23H24ClN3O2. The molecule has 0 aliphatic rings. The molecule has 5 nitrogen and oxygen atoms in total. The van der Waals surface area contributed by atoms with Crippen LogP contribution in [0.3, 0.4) is 0 Å². The maximum Gasteiger partial charge on any atom is 0.203 e. The number of para-hydroxylation sites is 3. The number of benzene rings is 3. The van der Waals surface area contributed by atoms with Crippen molar-refractivity contribution in [2.75, 3.05) is 6.61 Å². The standard InChI is InChI=1S/C23H23N3O2.ClH/c24-23-25(15-18-9-3-1-4-10-18)21-13-7-8-14-22(21)26(23)16-19(27)17-28-20-11-5-2-6-12-20;/h1-14,19,24,27H,15-17H2;1H. The predicted molar refractivity (Wildman–Crippen MR) is 117 cm³/mol. The predicted octanol–water partition coefficient (Wildman–Crippen LogP) is 3.83. The minimum Gasteiger partial charge on any atom is -0.491 e. The highest BCUT2D eigenvalue weighted by atomic mass is 35.5. The molecule has 0 saturated carbocycles. The molecule has 1 atom stereocenters. The minimum atomic E-state index is -0.717. The van der Waals surface area contributed by atoms with Gasteiger partial charge in [-0.25, -0.2) is 0 Å². The second kappa shape index (κ2) is 9.45. The molecule has 0 radical (unpaired) electrons. The van der Waals surface area contributed by atoms with Gasteiger partial charge in [0.25, 0.3) is 0 Å². The van der Waals surface area contributed by atoms with Gasteiger partial charge in [0.1, 0.15) is 18.5 Å². The molecule has 29 heavy (non-hydrogen) atoms. The third kappa shape index (κ3) is 4.70. The van der Waals surface area contributed by atoms with E-state index in [1.165, 1.54) is 0 Å². The minimum absolute atomic E-state index is 0. The largest absolute Gasteiger partial charge is 0.491 e. The lowest BCUT2D eigenvalue weighted by Gasteiger charge is -2.13. The molecule has 3 aromatic carbocycles. The number of aliphatic hydroxyl groups excluding tert-OH is 1. The van der Waals surface area contributed by atoms with Crippen molar-refractivity contribution in [2.24, 2.45) is 0 Å². The molecule has 1 heterocycles. The summed E-state index contributed by atoms with van der Waals surface area (Å²) in [5.41, 5.74) is 3.41. The number of aliphatic hydroxyl groups is 1. The fourth-order valence-corrected chi connectivity index (χ4v) is 3.38. The number of fused-ring (bicyclic) bond motifs is 1. The van der Waals surface area contributed by atoms with Crippen LogP contribution in [0.5, 0.6) is 5.75 Å². The van der Waals surface area contributed by atoms with E-state index in [-0.39, 0.29) is 19.0 Å². The lowest BCUT2D eigenvalue weighted by atomic mass is 10.2. The van der Waals surface area contributed by atoms with Gasteiger partial charge in [-0.15, -0.1) is 12.4 Å². The maximum absolute atomic E-state index is 10.5. The maximum atomic E-state index is 10.5. The van der Waals surface area contributed by atoms with E-state index in [1.807, 2.05) is 81.9 Å². The van der Waals surface area contributed by atoms with Crippen molar-refractivity contribution in [1.29, 1.82) is 5.41 Å². The van der Waals surface area contributed by atoms with Gasteiger partial charge in [0.05, 0.1) is 24.1 Å². The Morgan fingerprint density at radius 1 is 0.793 bits per heavy atom. The van der Waals surface area contributed by atoms with Crippen LogP contribution in [0.1, 0.15) is 5.56 Å². The summed E-state index contributed by atoms with van der Waals surface area (Å²) < 4.78 is 9.48. The second-order valence-electron chi connectivity index (χ2n) is 6.77. The summed E-state index contributed by atoms with van der Waals surface area (Å²) >= 11 is 0. The molecule has 4 rings (SSSR count). The van der Waals surface area contributed by atoms with E-state index in [1.54, 1.807) is 0 Å². The van der Waals surface area contributed by atoms with E-state index < -0.39 is 6.10 Å². The lowest BCUT2D eigenvalue weighted by Crippen LogP contribution is -2.31. The Morgan fingerprint density at radius 2 is 1.34 bits per heavy atom. The van der Waals surface area contributed by atoms with Crippen LogP contribution in [0.15, 0.2) is 84.9 Å². The molecule has 0 aliphatic carbocycles. The molecule has 4 aromatic rings. The van der Waals surface area contributed by atoms with Crippen molar-refractivity contribution >= 4 is 23.4 Å². The zero-order valence-electron chi connectivity index (χ0n) is 15.9. The van der Waals surface area contributed by atoms with E-state index >= 15 is 0 Å². The summed E-state index contributed by atoms with van der Waals surface area (Å²) in [5, 5.41) is 19.2. The first kappa shape index (κ1) is 20.7. The van der Waals surface area contributed by atoms with Crippen molar-refractivity contribution in [3.8, 4) is 5.75 Å². The number of rotatable bonds is 7. The highest BCUT2D eigenvalue weighted by Crippen LogP contribution is 2.15. The molecule has 0 bridgehead atoms. The normalized spacial score (nSPS) is 11.8. The van der Waals surface area contributed by atoms with Gasteiger partial charge in [0.2, 0.25) is 5.62 Å². The molecule has 0 spiro atoms. The number of ether oxygens (including phenoxy) is 1. The molecule has 0 aliphatic heterocycles. The van der Waals surface area contributed by atoms with Gasteiger partial charge < -0.3 is 19.0 Å². The molecule has 150 valence electrons. The molecule has 0 saturated heterocycles. The van der Waals surface area contributed by atoms with Gasteiger partial charge in [0.15, 0.2) is 0 Å². The van der Waals surface area contributed by atoms with Crippen molar-refractivity contribution in [3.63, 3.8) is 0 Å². The first-order chi connectivity index (χ1) is 13.7. The van der Waals surface area contributed by atoms with Crippen molar-refractivity contribution in [3.05, 3.63) is 96.1 Å². The highest BCUT2D eigenvalue weighted by Gasteiger charge is 2.14. The van der Waals surface area contributed by atoms with Gasteiger partial charge in [0, 0.05) is 0 Å². The average molecular weight is 410 g/mol. The highest BCUT2D eigenvalue weighted by molar-refractivity contribution is 5.85. The fraction of sp³-hybridized carbons (Fsp3) is 0.174. The molecule has 1 unspecified atom stereocenters. The Balaban J connectivity index is 0.00000240. The van der Waals surface area contributed by atoms with Crippen LogP contribution in [0.25, 0.3) is 11.0 Å². The summed E-state index contributed by atoms with van der Waals surface area (Å²) in [7, 11) is 0. The molecule has 0 fully saturated rings. The molecule has 6 heteroatoms. The number of nitrogens with zero attached hydrogens (tertiary/aromatic N) is 2. The molecule has 1 aromatic heterocycles. The van der Waals surface area contributed by atoms with Crippen LogP contribution in [0.2, 0.25) is 0 Å². The van der Waals surface area contributed by atoms with E-state index in [2.05, 4.69) is 12.1 Å². The Labute approximate surface area is 175 Å². The first-order valence-electron chi connectivity index (χ1n) is 9.35. The summed E-state index contributed by atoms with van der Waals surface area (Å²) in [6.07, 6.45) is -0.717. The van der Waals surface area contributed by atoms with Crippen LogP contribution in [0, 0.1) is 5.41 Å². The third-order valence-electron chi connectivity index (χ3n) is 4.74. The molecular weight excluding hydrogens is 386 g/mol. The van der Waals surface area contributed by atoms with E-state index in [9.17, 15) is 5.11 Å². The van der Waals surface area contributed by atoms with Crippen molar-refractivity contribution in [2.45, 2.75) is 19.2 Å². The third-order valence-corrected chi connectivity index (χ3v) is 4.74. The van der Waals surface area contributed by atoms with Crippen LogP contribution >= 0.6 is 12.4 Å². The van der Waals surface area contributed by atoms with Crippen LogP contribution < -0.4 is 10.4 Å². The van der Waals surface area contributed by atoms with Gasteiger partial charge in [-0.1, -0.05) is 60.7 Å². The quantitative estimate of drug-likeness (QED) is 0.487. The topological polar surface area (TPSA) is 63.2 Å². The summed E-state index contributed by atoms with van der Waals surface area (Å²) in [5.74, 6) is 0.726. The average Bonchev–Trinajstić information content (AvgIpc) is 3.00. The van der Waals surface area contributed by atoms with Gasteiger partial charge in [-0.2, -0.15) is 0 Å². The van der Waals surface area contributed by atoms with E-state index in [0.29, 0.717) is 18.7 Å². The molecule has 2 N–H and O–H groups in total. The first-order valence-corrected chi connectivity index (χ1v) is 9.35. The van der Waals surface area contributed by atoms with Crippen molar-refractivity contribution < 1.29 is 9.84 Å². The van der Waals surface area contributed by atoms with Crippen LogP contribution in [-0.4, -0.2) is 27.0 Å². The zero-order valence-corrected chi connectivity index (χ0v) is 16.8. The number of halogens is 1. The number of aromatic nitrogens is 2. The Hall–Kier alpha value is -3.02. The van der Waals surface area contributed by atoms with E-state index in [4.69, 9.17) is 10.1 Å². The molecule has 0 amide bonds. The number of nitrogens with one attached hydrogen (secondary N) is 1. The summed E-state index contributed by atoms with van der Waals surface area (Å²) in [6.45, 7) is 1.09. The summed E-state index contributed by atoms with van der Waals surface area (Å²) in [4.78, 5) is 0. The lowest BCUT2D eigenvalue weighted by molar-refractivity contribution is 0.0921. The fourth-order valence-electron chi connectivity index (χ4n) is 3.38. The number of hydrogen-bond acceptors (Lipinski definition) is 3. The summed E-state index contributed by atoms with van der Waals surface area (Å²) in [6, 6.07) is 27.5. The van der Waals surface area contributed by atoms with Crippen LogP contribution in [0.4, 0.5) is 0 Å². The zero-order chi connectivity index (χ0) is 19.3. The monoisotopic (exact) mass is 409 g/mol. The van der Waals surface area contributed by atoms with Crippen molar-refractivity contribution in [1.82, 2.24) is 9.13 Å². The van der Waals surface area contributed by atoms with E-state index in [0.717, 1.165) is 22.3 Å². The Bertz CT molecular complexity index is 1110. The number of hydrogen-bond donors (Lipinski definition) is 2. The number of imidazole rings is 1. The second-order valence-corrected chi connectivity index (χ2v) is 6.77. The van der Waals surface area contributed by atoms with Crippen LogP contribution in [-0.2, 0) is 13.1 Å². The Kier molecular flexibility index (Phi) is 6.75. The van der Waals surface area contributed by atoms with Gasteiger partial charge in [-0.05, 0) is 29.8 Å². The smallest absolute Gasteiger partial charge is 0.203 e.